The lowest BCUT2D eigenvalue weighted by molar-refractivity contribution is -0.121. The van der Waals surface area contributed by atoms with Crippen molar-refractivity contribution in [2.75, 3.05) is 0 Å². The average Bonchev–Trinajstić information content (AvgIpc) is 2.94. The third-order valence-electron chi connectivity index (χ3n) is 2.96. The number of hydrogen-bond acceptors (Lipinski definition) is 3. The van der Waals surface area contributed by atoms with Crippen LogP contribution in [0.4, 0.5) is 0 Å². The minimum Gasteiger partial charge on any atom is -0.353 e. The maximum atomic E-state index is 11.5. The molecule has 1 saturated carbocycles. The molecular weight excluding hydrogens is 216 g/mol. The smallest absolute Gasteiger partial charge is 0.220 e. The average molecular weight is 236 g/mol. The largest absolute Gasteiger partial charge is 0.353 e. The summed E-state index contributed by atoms with van der Waals surface area (Å²) in [7, 11) is 0. The van der Waals surface area contributed by atoms with Crippen LogP contribution in [0, 0.1) is 0 Å². The van der Waals surface area contributed by atoms with Crippen molar-refractivity contribution in [3.63, 3.8) is 0 Å². The van der Waals surface area contributed by atoms with E-state index in [4.69, 9.17) is 5.73 Å². The molecule has 0 aromatic carbocycles. The van der Waals surface area contributed by atoms with Crippen molar-refractivity contribution in [2.45, 2.75) is 51.2 Å². The molecular formula is C12H20N4O. The number of aryl methyl sites for hydroxylation is 1. The van der Waals surface area contributed by atoms with Gasteiger partial charge in [0.1, 0.15) is 0 Å². The molecule has 0 saturated heterocycles. The number of carbonyl (C=O) groups excluding carboxylic acids is 1. The second-order valence-electron chi connectivity index (χ2n) is 4.75. The Morgan fingerprint density at radius 2 is 2.47 bits per heavy atom. The molecule has 1 aromatic heterocycles. The van der Waals surface area contributed by atoms with Crippen LogP contribution < -0.4 is 11.1 Å². The van der Waals surface area contributed by atoms with Crippen molar-refractivity contribution < 1.29 is 4.79 Å². The predicted octanol–water partition coefficient (Wildman–Crippen LogP) is 0.962. The molecule has 1 aromatic rings. The first-order chi connectivity index (χ1) is 8.16. The number of amides is 1. The van der Waals surface area contributed by atoms with Crippen molar-refractivity contribution >= 4 is 5.91 Å². The van der Waals surface area contributed by atoms with Gasteiger partial charge in [0.25, 0.3) is 0 Å². The SMILES string of the molecule is C[C@H](N)c1cncn1CCCC(=O)NC1CC1. The van der Waals surface area contributed by atoms with E-state index in [0.717, 1.165) is 31.5 Å². The van der Waals surface area contributed by atoms with Crippen LogP contribution >= 0.6 is 0 Å². The fourth-order valence-electron chi connectivity index (χ4n) is 1.83. The molecule has 1 aliphatic rings. The second-order valence-corrected chi connectivity index (χ2v) is 4.75. The Bertz CT molecular complexity index is 382. The number of imidazole rings is 1. The number of nitrogens with two attached hydrogens (primary N) is 1. The van der Waals surface area contributed by atoms with Crippen LogP contribution in [0.1, 0.15) is 44.3 Å². The van der Waals surface area contributed by atoms with Gasteiger partial charge in [-0.15, -0.1) is 0 Å². The first-order valence-electron chi connectivity index (χ1n) is 6.22. The van der Waals surface area contributed by atoms with Gasteiger partial charge in [0.2, 0.25) is 5.91 Å². The first-order valence-corrected chi connectivity index (χ1v) is 6.22. The number of aromatic nitrogens is 2. The van der Waals surface area contributed by atoms with Crippen molar-refractivity contribution in [3.05, 3.63) is 18.2 Å². The van der Waals surface area contributed by atoms with Crippen LogP contribution in [0.5, 0.6) is 0 Å². The zero-order valence-corrected chi connectivity index (χ0v) is 10.2. The van der Waals surface area contributed by atoms with Gasteiger partial charge in [-0.05, 0) is 26.2 Å². The van der Waals surface area contributed by atoms with Gasteiger partial charge in [-0.3, -0.25) is 4.79 Å². The maximum absolute atomic E-state index is 11.5. The molecule has 0 aliphatic heterocycles. The zero-order valence-electron chi connectivity index (χ0n) is 10.2. The Morgan fingerprint density at radius 1 is 1.71 bits per heavy atom. The molecule has 2 rings (SSSR count). The molecule has 1 aliphatic carbocycles. The lowest BCUT2D eigenvalue weighted by atomic mass is 10.2. The normalized spacial score (nSPS) is 16.8. The van der Waals surface area contributed by atoms with Crippen LogP contribution in [-0.4, -0.2) is 21.5 Å². The summed E-state index contributed by atoms with van der Waals surface area (Å²) in [5, 5.41) is 2.98. The number of nitrogens with zero attached hydrogens (tertiary/aromatic N) is 2. The maximum Gasteiger partial charge on any atom is 0.220 e. The highest BCUT2D eigenvalue weighted by Gasteiger charge is 2.22. The van der Waals surface area contributed by atoms with E-state index in [1.807, 2.05) is 11.5 Å². The molecule has 1 fully saturated rings. The molecule has 0 spiro atoms. The molecule has 1 atom stereocenters. The van der Waals surface area contributed by atoms with E-state index in [0.29, 0.717) is 12.5 Å². The van der Waals surface area contributed by atoms with Crippen molar-refractivity contribution in [1.29, 1.82) is 0 Å². The molecule has 3 N–H and O–H groups in total. The minimum absolute atomic E-state index is 0.0159. The highest BCUT2D eigenvalue weighted by molar-refractivity contribution is 5.76. The molecule has 5 heteroatoms. The van der Waals surface area contributed by atoms with Gasteiger partial charge in [-0.25, -0.2) is 4.98 Å². The summed E-state index contributed by atoms with van der Waals surface area (Å²) in [5.41, 5.74) is 6.85. The number of nitrogens with one attached hydrogen (secondary N) is 1. The molecule has 1 amide bonds. The van der Waals surface area contributed by atoms with E-state index in [1.54, 1.807) is 12.5 Å². The summed E-state index contributed by atoms with van der Waals surface area (Å²) in [6.45, 7) is 2.74. The van der Waals surface area contributed by atoms with Crippen LogP contribution in [0.15, 0.2) is 12.5 Å². The number of rotatable bonds is 6. The van der Waals surface area contributed by atoms with Gasteiger partial charge in [-0.2, -0.15) is 0 Å². The van der Waals surface area contributed by atoms with Gasteiger partial charge >= 0.3 is 0 Å². The van der Waals surface area contributed by atoms with Crippen LogP contribution in [-0.2, 0) is 11.3 Å². The van der Waals surface area contributed by atoms with Crippen LogP contribution in [0.3, 0.4) is 0 Å². The van der Waals surface area contributed by atoms with Crippen molar-refractivity contribution in [2.24, 2.45) is 5.73 Å². The second kappa shape index (κ2) is 5.31. The van der Waals surface area contributed by atoms with Gasteiger partial charge in [-0.1, -0.05) is 0 Å². The highest BCUT2D eigenvalue weighted by Crippen LogP contribution is 2.18. The summed E-state index contributed by atoms with van der Waals surface area (Å²) < 4.78 is 2.02. The number of carbonyl (C=O) groups is 1. The van der Waals surface area contributed by atoms with Crippen LogP contribution in [0.25, 0.3) is 0 Å². The van der Waals surface area contributed by atoms with Crippen LogP contribution in [0.2, 0.25) is 0 Å². The standard InChI is InChI=1S/C12H20N4O/c1-9(13)11-7-14-8-16(11)6-2-3-12(17)15-10-4-5-10/h7-10H,2-6,13H2,1H3,(H,15,17)/t9-/m0/s1. The Balaban J connectivity index is 1.73. The summed E-state index contributed by atoms with van der Waals surface area (Å²) in [5.74, 6) is 0.162. The summed E-state index contributed by atoms with van der Waals surface area (Å²) in [6.07, 6.45) is 7.25. The third-order valence-corrected chi connectivity index (χ3v) is 2.96. The van der Waals surface area contributed by atoms with Crippen molar-refractivity contribution in [3.8, 4) is 0 Å². The highest BCUT2D eigenvalue weighted by atomic mass is 16.1. The third kappa shape index (κ3) is 3.56. The van der Waals surface area contributed by atoms with Crippen molar-refractivity contribution in [1.82, 2.24) is 14.9 Å². The molecule has 94 valence electrons. The Hall–Kier alpha value is -1.36. The summed E-state index contributed by atoms with van der Waals surface area (Å²) >= 11 is 0. The lowest BCUT2D eigenvalue weighted by Crippen LogP contribution is -2.25. The monoisotopic (exact) mass is 236 g/mol. The topological polar surface area (TPSA) is 72.9 Å². The quantitative estimate of drug-likeness (QED) is 0.772. The number of hydrogen-bond donors (Lipinski definition) is 2. The molecule has 17 heavy (non-hydrogen) atoms. The zero-order chi connectivity index (χ0) is 12.3. The van der Waals surface area contributed by atoms with E-state index >= 15 is 0 Å². The summed E-state index contributed by atoms with van der Waals surface area (Å²) in [4.78, 5) is 15.6. The summed E-state index contributed by atoms with van der Waals surface area (Å²) in [6, 6.07) is 0.438. The molecule has 0 bridgehead atoms. The van der Waals surface area contributed by atoms with E-state index < -0.39 is 0 Å². The molecule has 1 heterocycles. The first kappa shape index (κ1) is 12.1. The fraction of sp³-hybridized carbons (Fsp3) is 0.667. The van der Waals surface area contributed by atoms with Gasteiger partial charge < -0.3 is 15.6 Å². The Morgan fingerprint density at radius 3 is 3.12 bits per heavy atom. The molecule has 0 radical (unpaired) electrons. The predicted molar refractivity (Wildman–Crippen MR) is 65.2 cm³/mol. The van der Waals surface area contributed by atoms with E-state index in [9.17, 15) is 4.79 Å². The lowest BCUT2D eigenvalue weighted by Gasteiger charge is -2.10. The van der Waals surface area contributed by atoms with E-state index in [2.05, 4.69) is 10.3 Å². The van der Waals surface area contributed by atoms with E-state index in [1.165, 1.54) is 0 Å². The molecule has 0 unspecified atom stereocenters. The fourth-order valence-corrected chi connectivity index (χ4v) is 1.83. The molecule has 5 nitrogen and oxygen atoms in total. The van der Waals surface area contributed by atoms with Gasteiger partial charge in [0.05, 0.1) is 12.0 Å². The van der Waals surface area contributed by atoms with Gasteiger partial charge in [0.15, 0.2) is 0 Å². The Labute approximate surface area is 101 Å². The minimum atomic E-state index is -0.0159. The van der Waals surface area contributed by atoms with E-state index in [-0.39, 0.29) is 11.9 Å². The Kier molecular flexibility index (Phi) is 3.78. The van der Waals surface area contributed by atoms with Gasteiger partial charge in [0, 0.05) is 31.2 Å².